The summed E-state index contributed by atoms with van der Waals surface area (Å²) in [6, 6.07) is -0.175. The molecule has 0 bridgehead atoms. The van der Waals surface area contributed by atoms with E-state index in [0.717, 1.165) is 13.0 Å². The molecule has 0 spiro atoms. The first-order valence-corrected chi connectivity index (χ1v) is 6.31. The summed E-state index contributed by atoms with van der Waals surface area (Å²) >= 11 is 0. The number of nitrogens with zero attached hydrogens (tertiary/aromatic N) is 1. The molecule has 0 aromatic heterocycles. The second-order valence-electron chi connectivity index (χ2n) is 4.67. The lowest BCUT2D eigenvalue weighted by Crippen LogP contribution is -2.41. The number of nitrogens with one attached hydrogen (secondary N) is 1. The van der Waals surface area contributed by atoms with Gasteiger partial charge in [-0.1, -0.05) is 26.2 Å². The summed E-state index contributed by atoms with van der Waals surface area (Å²) in [5.74, 6) is 0.119. The number of rotatable bonds is 6. The minimum atomic E-state index is -0.359. The lowest BCUT2D eigenvalue weighted by Gasteiger charge is -2.21. The zero-order valence-electron chi connectivity index (χ0n) is 10.4. The smallest absolute Gasteiger partial charge is 0.239 e. The first kappa shape index (κ1) is 13.5. The van der Waals surface area contributed by atoms with Crippen LogP contribution in [0.2, 0.25) is 0 Å². The van der Waals surface area contributed by atoms with Gasteiger partial charge in [-0.2, -0.15) is 0 Å². The summed E-state index contributed by atoms with van der Waals surface area (Å²) in [4.78, 5) is 13.7. The van der Waals surface area contributed by atoms with E-state index in [1.165, 1.54) is 19.3 Å². The van der Waals surface area contributed by atoms with Gasteiger partial charge in [0.15, 0.2) is 0 Å². The molecule has 0 aliphatic carbocycles. The van der Waals surface area contributed by atoms with E-state index in [1.807, 2.05) is 7.05 Å². The number of amides is 1. The van der Waals surface area contributed by atoms with Gasteiger partial charge in [0.25, 0.3) is 0 Å². The molecule has 1 heterocycles. The Balaban J connectivity index is 2.20. The maximum absolute atomic E-state index is 11.9. The standard InChI is InChI=1S/C12H24N2O2/c1-3-4-5-6-7-14(2)12(16)11-8-10(15)9-13-11/h10-11,13,15H,3-9H2,1-2H3/t10?,11-/m0/s1. The normalized spacial score (nSPS) is 24.7. The Kier molecular flexibility index (Phi) is 5.77. The highest BCUT2D eigenvalue weighted by molar-refractivity contribution is 5.82. The minimum absolute atomic E-state index is 0.119. The van der Waals surface area contributed by atoms with Crippen LogP contribution in [0.25, 0.3) is 0 Å². The van der Waals surface area contributed by atoms with E-state index in [1.54, 1.807) is 4.90 Å². The lowest BCUT2D eigenvalue weighted by atomic mass is 10.1. The number of aliphatic hydroxyl groups excluding tert-OH is 1. The first-order chi connectivity index (χ1) is 7.65. The molecule has 4 heteroatoms. The van der Waals surface area contributed by atoms with Crippen LogP contribution in [-0.4, -0.2) is 48.2 Å². The number of aliphatic hydroxyl groups is 1. The summed E-state index contributed by atoms with van der Waals surface area (Å²) in [7, 11) is 1.85. The topological polar surface area (TPSA) is 52.6 Å². The van der Waals surface area contributed by atoms with Crippen LogP contribution in [0.5, 0.6) is 0 Å². The molecule has 94 valence electrons. The van der Waals surface area contributed by atoms with Crippen molar-refractivity contribution in [1.29, 1.82) is 0 Å². The zero-order valence-corrected chi connectivity index (χ0v) is 10.4. The average Bonchev–Trinajstić information content (AvgIpc) is 2.70. The summed E-state index contributed by atoms with van der Waals surface area (Å²) in [6.07, 6.45) is 4.91. The molecule has 1 aliphatic rings. The third-order valence-electron chi connectivity index (χ3n) is 3.13. The largest absolute Gasteiger partial charge is 0.392 e. The predicted molar refractivity (Wildman–Crippen MR) is 64.2 cm³/mol. The first-order valence-electron chi connectivity index (χ1n) is 6.31. The molecule has 0 aromatic rings. The Bertz CT molecular complexity index is 221. The van der Waals surface area contributed by atoms with Crippen molar-refractivity contribution in [2.75, 3.05) is 20.1 Å². The molecule has 4 nitrogen and oxygen atoms in total. The third-order valence-corrected chi connectivity index (χ3v) is 3.13. The van der Waals surface area contributed by atoms with Gasteiger partial charge in [-0.05, 0) is 12.8 Å². The van der Waals surface area contributed by atoms with E-state index in [9.17, 15) is 9.90 Å². The van der Waals surface area contributed by atoms with E-state index >= 15 is 0 Å². The van der Waals surface area contributed by atoms with E-state index in [-0.39, 0.29) is 18.1 Å². The van der Waals surface area contributed by atoms with Crippen LogP contribution in [0, 0.1) is 0 Å². The summed E-state index contributed by atoms with van der Waals surface area (Å²) < 4.78 is 0. The van der Waals surface area contributed by atoms with Gasteiger partial charge in [0, 0.05) is 20.1 Å². The van der Waals surface area contributed by atoms with E-state index in [4.69, 9.17) is 0 Å². The average molecular weight is 228 g/mol. The number of hydrogen-bond acceptors (Lipinski definition) is 3. The Morgan fingerprint density at radius 1 is 1.44 bits per heavy atom. The predicted octanol–water partition coefficient (Wildman–Crippen LogP) is 0.748. The fraction of sp³-hybridized carbons (Fsp3) is 0.917. The van der Waals surface area contributed by atoms with Crippen molar-refractivity contribution in [2.24, 2.45) is 0 Å². The minimum Gasteiger partial charge on any atom is -0.392 e. The maximum atomic E-state index is 11.9. The number of hydrogen-bond donors (Lipinski definition) is 2. The second-order valence-corrected chi connectivity index (χ2v) is 4.67. The van der Waals surface area contributed by atoms with Crippen LogP contribution >= 0.6 is 0 Å². The molecule has 1 aliphatic heterocycles. The Morgan fingerprint density at radius 3 is 2.75 bits per heavy atom. The van der Waals surface area contributed by atoms with Crippen molar-refractivity contribution in [3.8, 4) is 0 Å². The molecule has 1 amide bonds. The fourth-order valence-electron chi connectivity index (χ4n) is 2.06. The van der Waals surface area contributed by atoms with Crippen molar-refractivity contribution in [3.63, 3.8) is 0 Å². The second kappa shape index (κ2) is 6.86. The summed E-state index contributed by atoms with van der Waals surface area (Å²) in [6.45, 7) is 3.55. The molecule has 1 unspecified atom stereocenters. The zero-order chi connectivity index (χ0) is 12.0. The lowest BCUT2D eigenvalue weighted by molar-refractivity contribution is -0.132. The molecular weight excluding hydrogens is 204 g/mol. The fourth-order valence-corrected chi connectivity index (χ4v) is 2.06. The highest BCUT2D eigenvalue weighted by atomic mass is 16.3. The van der Waals surface area contributed by atoms with Crippen LogP contribution in [0.3, 0.4) is 0 Å². The molecule has 1 saturated heterocycles. The summed E-state index contributed by atoms with van der Waals surface area (Å²) in [5.41, 5.74) is 0. The van der Waals surface area contributed by atoms with Crippen molar-refractivity contribution in [1.82, 2.24) is 10.2 Å². The van der Waals surface area contributed by atoms with Crippen molar-refractivity contribution >= 4 is 5.91 Å². The SMILES string of the molecule is CCCCCCN(C)C(=O)[C@@H]1CC(O)CN1. The Hall–Kier alpha value is -0.610. The quantitative estimate of drug-likeness (QED) is 0.660. The van der Waals surface area contributed by atoms with Crippen LogP contribution in [0.15, 0.2) is 0 Å². The van der Waals surface area contributed by atoms with Crippen molar-refractivity contribution in [2.45, 2.75) is 51.2 Å². The molecule has 0 radical (unpaired) electrons. The number of β-amino-alcohol motifs (C(OH)–C–C–N with tert-alkyl or cyclic N) is 1. The Labute approximate surface area is 98.0 Å². The van der Waals surface area contributed by atoms with E-state index in [2.05, 4.69) is 12.2 Å². The number of likely N-dealkylation sites (N-methyl/N-ethyl adjacent to an activating group) is 1. The molecule has 0 aromatic carbocycles. The van der Waals surface area contributed by atoms with Gasteiger partial charge in [0.2, 0.25) is 5.91 Å². The van der Waals surface area contributed by atoms with Crippen LogP contribution in [0.1, 0.15) is 39.0 Å². The van der Waals surface area contributed by atoms with Gasteiger partial charge in [-0.25, -0.2) is 0 Å². The molecule has 0 saturated carbocycles. The van der Waals surface area contributed by atoms with Gasteiger partial charge in [-0.3, -0.25) is 4.79 Å². The van der Waals surface area contributed by atoms with Crippen LogP contribution in [0.4, 0.5) is 0 Å². The van der Waals surface area contributed by atoms with Gasteiger partial charge in [0.1, 0.15) is 0 Å². The summed E-state index contributed by atoms with van der Waals surface area (Å²) in [5, 5.41) is 12.4. The van der Waals surface area contributed by atoms with Crippen molar-refractivity contribution in [3.05, 3.63) is 0 Å². The molecule has 1 fully saturated rings. The highest BCUT2D eigenvalue weighted by Crippen LogP contribution is 2.09. The van der Waals surface area contributed by atoms with Crippen LogP contribution < -0.4 is 5.32 Å². The van der Waals surface area contributed by atoms with E-state index in [0.29, 0.717) is 13.0 Å². The van der Waals surface area contributed by atoms with Gasteiger partial charge in [-0.15, -0.1) is 0 Å². The van der Waals surface area contributed by atoms with Gasteiger partial charge in [0.05, 0.1) is 12.1 Å². The monoisotopic (exact) mass is 228 g/mol. The van der Waals surface area contributed by atoms with Gasteiger partial charge >= 0.3 is 0 Å². The molecule has 2 atom stereocenters. The maximum Gasteiger partial charge on any atom is 0.239 e. The molecular formula is C12H24N2O2. The van der Waals surface area contributed by atoms with Gasteiger partial charge < -0.3 is 15.3 Å². The molecule has 2 N–H and O–H groups in total. The Morgan fingerprint density at radius 2 is 2.19 bits per heavy atom. The number of unbranched alkanes of at least 4 members (excludes halogenated alkanes) is 3. The molecule has 1 rings (SSSR count). The number of carbonyl (C=O) groups is 1. The van der Waals surface area contributed by atoms with Crippen LogP contribution in [-0.2, 0) is 4.79 Å². The highest BCUT2D eigenvalue weighted by Gasteiger charge is 2.29. The van der Waals surface area contributed by atoms with Crippen molar-refractivity contribution < 1.29 is 9.90 Å². The number of carbonyl (C=O) groups excluding carboxylic acids is 1. The van der Waals surface area contributed by atoms with E-state index < -0.39 is 0 Å². The molecule has 16 heavy (non-hydrogen) atoms. The third kappa shape index (κ3) is 4.10.